The van der Waals surface area contributed by atoms with Crippen molar-refractivity contribution in [3.63, 3.8) is 0 Å². The van der Waals surface area contributed by atoms with Crippen LogP contribution in [0.1, 0.15) is 20.8 Å². The molecule has 0 radical (unpaired) electrons. The average molecular weight is 203 g/mol. The van der Waals surface area contributed by atoms with Crippen molar-refractivity contribution in [1.82, 2.24) is 4.90 Å². The zero-order valence-electron chi connectivity index (χ0n) is 10.2. The van der Waals surface area contributed by atoms with Crippen LogP contribution >= 0.6 is 0 Å². The minimum Gasteiger partial charge on any atom is -0.294 e. The quantitative estimate of drug-likeness (QED) is 0.665. The fraction of sp³-hybridized carbons (Fsp3) is 0.429. The molecule has 0 N–H and O–H groups in total. The number of likely N-dealkylation sites (N-methyl/N-ethyl adjacent to an activating group) is 1. The standard InChI is InChI=1S/C14H21N/c1-5-15(4)14(3)11-9-7-6-8-10-13(2)12-14/h6-12H,5H2,1-4H3/b7-6+,10-8-,11-9-,13-12?. The SMILES string of the molecule is CCN(C)C1(C)C=C(C)\C=C/C=C/C=C\1. The summed E-state index contributed by atoms with van der Waals surface area (Å²) in [5, 5.41) is 0. The average Bonchev–Trinajstić information content (AvgIpc) is 2.28. The van der Waals surface area contributed by atoms with E-state index in [1.165, 1.54) is 5.57 Å². The molecule has 1 aliphatic carbocycles. The molecule has 1 nitrogen and oxygen atoms in total. The van der Waals surface area contributed by atoms with E-state index in [0.29, 0.717) is 0 Å². The number of nitrogens with zero attached hydrogens (tertiary/aromatic N) is 1. The van der Waals surface area contributed by atoms with Gasteiger partial charge in [-0.2, -0.15) is 0 Å². The fourth-order valence-electron chi connectivity index (χ4n) is 1.72. The van der Waals surface area contributed by atoms with Crippen LogP contribution in [-0.4, -0.2) is 24.0 Å². The molecule has 0 fully saturated rings. The van der Waals surface area contributed by atoms with Gasteiger partial charge in [0.05, 0.1) is 5.54 Å². The summed E-state index contributed by atoms with van der Waals surface area (Å²) in [6.07, 6.45) is 15.0. The molecule has 0 aromatic heterocycles. The maximum Gasteiger partial charge on any atom is 0.0552 e. The molecule has 0 amide bonds. The van der Waals surface area contributed by atoms with Crippen molar-refractivity contribution in [2.75, 3.05) is 13.6 Å². The molecular weight excluding hydrogens is 182 g/mol. The van der Waals surface area contributed by atoms with Gasteiger partial charge in [0, 0.05) is 0 Å². The maximum absolute atomic E-state index is 2.33. The second kappa shape index (κ2) is 5.13. The van der Waals surface area contributed by atoms with Crippen molar-refractivity contribution in [1.29, 1.82) is 0 Å². The zero-order chi connectivity index (χ0) is 11.3. The summed E-state index contributed by atoms with van der Waals surface area (Å²) in [7, 11) is 2.15. The van der Waals surface area contributed by atoms with Crippen LogP contribution in [0, 0.1) is 0 Å². The first kappa shape index (κ1) is 12.0. The molecule has 1 heteroatoms. The largest absolute Gasteiger partial charge is 0.294 e. The number of allylic oxidation sites excluding steroid dienone is 6. The molecule has 0 bridgehead atoms. The van der Waals surface area contributed by atoms with Crippen molar-refractivity contribution >= 4 is 0 Å². The van der Waals surface area contributed by atoms with Gasteiger partial charge in [-0.15, -0.1) is 0 Å². The Morgan fingerprint density at radius 3 is 2.53 bits per heavy atom. The Morgan fingerprint density at radius 2 is 1.87 bits per heavy atom. The molecular formula is C14H21N. The van der Waals surface area contributed by atoms with E-state index in [-0.39, 0.29) is 5.54 Å². The zero-order valence-corrected chi connectivity index (χ0v) is 10.2. The van der Waals surface area contributed by atoms with Crippen molar-refractivity contribution in [2.24, 2.45) is 0 Å². The van der Waals surface area contributed by atoms with Crippen molar-refractivity contribution in [2.45, 2.75) is 26.3 Å². The molecule has 1 unspecified atom stereocenters. The summed E-state index contributed by atoms with van der Waals surface area (Å²) in [5.41, 5.74) is 1.31. The van der Waals surface area contributed by atoms with E-state index in [1.54, 1.807) is 0 Å². The molecule has 0 heterocycles. The molecule has 1 aliphatic rings. The first-order valence-electron chi connectivity index (χ1n) is 5.52. The maximum atomic E-state index is 2.33. The first-order chi connectivity index (χ1) is 7.08. The van der Waals surface area contributed by atoms with Crippen LogP contribution in [0.25, 0.3) is 0 Å². The van der Waals surface area contributed by atoms with Gasteiger partial charge in [-0.3, -0.25) is 4.90 Å². The van der Waals surface area contributed by atoms with Gasteiger partial charge in [0.25, 0.3) is 0 Å². The van der Waals surface area contributed by atoms with E-state index in [9.17, 15) is 0 Å². The van der Waals surface area contributed by atoms with Crippen LogP contribution in [0.4, 0.5) is 0 Å². The highest BCUT2D eigenvalue weighted by Gasteiger charge is 2.22. The summed E-state index contributed by atoms with van der Waals surface area (Å²) in [5.74, 6) is 0. The van der Waals surface area contributed by atoms with Crippen LogP contribution in [0.3, 0.4) is 0 Å². The molecule has 0 spiro atoms. The topological polar surface area (TPSA) is 3.24 Å². The molecule has 82 valence electrons. The van der Waals surface area contributed by atoms with Crippen LogP contribution in [-0.2, 0) is 0 Å². The summed E-state index contributed by atoms with van der Waals surface area (Å²) >= 11 is 0. The number of hydrogen-bond acceptors (Lipinski definition) is 1. The van der Waals surface area contributed by atoms with Crippen LogP contribution in [0.2, 0.25) is 0 Å². The highest BCUT2D eigenvalue weighted by Crippen LogP contribution is 2.20. The Labute approximate surface area is 93.5 Å². The molecule has 0 saturated carbocycles. The van der Waals surface area contributed by atoms with E-state index in [0.717, 1.165) is 6.54 Å². The van der Waals surface area contributed by atoms with E-state index in [1.807, 2.05) is 0 Å². The lowest BCUT2D eigenvalue weighted by Gasteiger charge is -2.33. The molecule has 0 aliphatic heterocycles. The van der Waals surface area contributed by atoms with E-state index in [4.69, 9.17) is 0 Å². The molecule has 1 atom stereocenters. The molecule has 0 aromatic rings. The third-order valence-corrected chi connectivity index (χ3v) is 2.94. The van der Waals surface area contributed by atoms with Gasteiger partial charge in [0.15, 0.2) is 0 Å². The van der Waals surface area contributed by atoms with Gasteiger partial charge in [-0.1, -0.05) is 55.0 Å². The highest BCUT2D eigenvalue weighted by atomic mass is 15.2. The van der Waals surface area contributed by atoms with Crippen LogP contribution in [0.15, 0.2) is 48.1 Å². The van der Waals surface area contributed by atoms with Gasteiger partial charge in [-0.05, 0) is 27.4 Å². The predicted octanol–water partition coefficient (Wildman–Crippen LogP) is 3.33. The summed E-state index contributed by atoms with van der Waals surface area (Å²) < 4.78 is 0. The van der Waals surface area contributed by atoms with Crippen molar-refractivity contribution in [3.8, 4) is 0 Å². The predicted molar refractivity (Wildman–Crippen MR) is 67.9 cm³/mol. The normalized spacial score (nSPS) is 32.5. The summed E-state index contributed by atoms with van der Waals surface area (Å²) in [6, 6.07) is 0. The van der Waals surface area contributed by atoms with Gasteiger partial charge in [0.1, 0.15) is 0 Å². The lowest BCUT2D eigenvalue weighted by molar-refractivity contribution is 0.243. The fourth-order valence-corrected chi connectivity index (χ4v) is 1.72. The minimum absolute atomic E-state index is 0.0118. The number of hydrogen-bond donors (Lipinski definition) is 0. The minimum atomic E-state index is 0.0118. The van der Waals surface area contributed by atoms with E-state index < -0.39 is 0 Å². The van der Waals surface area contributed by atoms with Crippen LogP contribution in [0.5, 0.6) is 0 Å². The Balaban J connectivity index is 3.08. The monoisotopic (exact) mass is 203 g/mol. The first-order valence-corrected chi connectivity index (χ1v) is 5.52. The van der Waals surface area contributed by atoms with Gasteiger partial charge < -0.3 is 0 Å². The molecule has 1 rings (SSSR count). The Hall–Kier alpha value is -1.08. The Morgan fingerprint density at radius 1 is 1.20 bits per heavy atom. The smallest absolute Gasteiger partial charge is 0.0552 e. The molecule has 0 saturated heterocycles. The second-order valence-corrected chi connectivity index (χ2v) is 4.23. The van der Waals surface area contributed by atoms with Crippen molar-refractivity contribution in [3.05, 3.63) is 48.1 Å². The van der Waals surface area contributed by atoms with Crippen LogP contribution < -0.4 is 0 Å². The summed E-state index contributed by atoms with van der Waals surface area (Å²) in [4.78, 5) is 2.33. The second-order valence-electron chi connectivity index (χ2n) is 4.23. The lowest BCUT2D eigenvalue weighted by Crippen LogP contribution is -2.40. The van der Waals surface area contributed by atoms with E-state index in [2.05, 4.69) is 75.3 Å². The van der Waals surface area contributed by atoms with Crippen molar-refractivity contribution < 1.29 is 0 Å². The third-order valence-electron chi connectivity index (χ3n) is 2.94. The molecule has 15 heavy (non-hydrogen) atoms. The van der Waals surface area contributed by atoms with Gasteiger partial charge >= 0.3 is 0 Å². The lowest BCUT2D eigenvalue weighted by atomic mass is 9.96. The van der Waals surface area contributed by atoms with Gasteiger partial charge in [-0.25, -0.2) is 0 Å². The Kier molecular flexibility index (Phi) is 4.10. The third kappa shape index (κ3) is 3.21. The highest BCUT2D eigenvalue weighted by molar-refractivity contribution is 5.31. The van der Waals surface area contributed by atoms with Gasteiger partial charge in [0.2, 0.25) is 0 Å². The molecule has 0 aromatic carbocycles. The Bertz CT molecular complexity index is 320. The number of rotatable bonds is 2. The summed E-state index contributed by atoms with van der Waals surface area (Å²) in [6.45, 7) is 7.60. The van der Waals surface area contributed by atoms with E-state index >= 15 is 0 Å².